The zero-order chi connectivity index (χ0) is 19.5. The van der Waals surface area contributed by atoms with Gasteiger partial charge in [0.05, 0.1) is 0 Å². The minimum atomic E-state index is -0.833. The number of hydrogen-bond acceptors (Lipinski definition) is 2. The Kier molecular flexibility index (Phi) is 8.66. The molecule has 0 radical (unpaired) electrons. The average Bonchev–Trinajstić information content (AvgIpc) is 2.62. The molecule has 0 heterocycles. The number of carboxylic acids is 1. The van der Waals surface area contributed by atoms with Crippen molar-refractivity contribution >= 4 is 40.9 Å². The van der Waals surface area contributed by atoms with Crippen LogP contribution in [0.5, 0.6) is 0 Å². The number of halogens is 1. The third-order valence-electron chi connectivity index (χ3n) is 3.02. The molecule has 2 rings (SSSR count). The Labute approximate surface area is 157 Å². The summed E-state index contributed by atoms with van der Waals surface area (Å²) in [5, 5.41) is 11.2. The molecular formula is C18H22ClN5O2. The van der Waals surface area contributed by atoms with Crippen LogP contribution in [0.25, 0.3) is 0 Å². The summed E-state index contributed by atoms with van der Waals surface area (Å²) >= 11 is 5.86. The number of nitrogens with two attached hydrogens (primary N) is 1. The summed E-state index contributed by atoms with van der Waals surface area (Å²) in [6.07, 6.45) is 0. The zero-order valence-corrected chi connectivity index (χ0v) is 15.6. The number of nitrogens with zero attached hydrogens (tertiary/aromatic N) is 3. The number of carbonyl (C=O) groups is 1. The van der Waals surface area contributed by atoms with E-state index in [-0.39, 0.29) is 0 Å². The maximum absolute atomic E-state index is 9.00. The summed E-state index contributed by atoms with van der Waals surface area (Å²) in [6, 6.07) is 17.0. The van der Waals surface area contributed by atoms with Crippen molar-refractivity contribution in [2.75, 3.05) is 24.3 Å². The molecule has 0 aromatic heterocycles. The first kappa shape index (κ1) is 21.0. The van der Waals surface area contributed by atoms with E-state index in [0.717, 1.165) is 18.3 Å². The lowest BCUT2D eigenvalue weighted by atomic mass is 10.3. The average molecular weight is 376 g/mol. The molecule has 2 aromatic rings. The Morgan fingerprint density at radius 1 is 1.15 bits per heavy atom. The van der Waals surface area contributed by atoms with Crippen molar-refractivity contribution in [2.24, 2.45) is 15.7 Å². The van der Waals surface area contributed by atoms with Gasteiger partial charge >= 0.3 is 0 Å². The van der Waals surface area contributed by atoms with Crippen LogP contribution in [0.1, 0.15) is 6.92 Å². The Bertz CT molecular complexity index is 757. The summed E-state index contributed by atoms with van der Waals surface area (Å²) in [5.41, 5.74) is 7.82. The molecular weight excluding hydrogens is 354 g/mol. The predicted molar refractivity (Wildman–Crippen MR) is 108 cm³/mol. The molecule has 0 saturated heterocycles. The standard InChI is InChI=1S/C16H18ClN5.C2H4O2/c1-19-16(20-13-10-8-12(17)9-11-13)21-15(18)22(2)14-6-4-3-5-7-14;1-2(3)4/h3-11H,1-2H3,(H3,18,19,20,21);1H3,(H,3,4). The number of para-hydroxylation sites is 1. The third kappa shape index (κ3) is 7.67. The highest BCUT2D eigenvalue weighted by Crippen LogP contribution is 2.14. The van der Waals surface area contributed by atoms with Gasteiger partial charge in [0.2, 0.25) is 11.9 Å². The molecule has 0 amide bonds. The van der Waals surface area contributed by atoms with Gasteiger partial charge in [-0.25, -0.2) is 0 Å². The van der Waals surface area contributed by atoms with Gasteiger partial charge in [-0.2, -0.15) is 4.99 Å². The lowest BCUT2D eigenvalue weighted by Crippen LogP contribution is -2.35. The molecule has 0 spiro atoms. The second kappa shape index (κ2) is 10.7. The first-order chi connectivity index (χ1) is 12.3. The van der Waals surface area contributed by atoms with Crippen LogP contribution < -0.4 is 16.0 Å². The maximum Gasteiger partial charge on any atom is 0.300 e. The van der Waals surface area contributed by atoms with Gasteiger partial charge in [0, 0.05) is 37.4 Å². The van der Waals surface area contributed by atoms with Gasteiger partial charge in [-0.3, -0.25) is 9.79 Å². The normalized spacial score (nSPS) is 11.2. The van der Waals surface area contributed by atoms with Crippen LogP contribution >= 0.6 is 11.6 Å². The number of aliphatic imine (C=N–C) groups is 2. The fourth-order valence-corrected chi connectivity index (χ4v) is 1.89. The number of hydrogen-bond donors (Lipinski definition) is 3. The fourth-order valence-electron chi connectivity index (χ4n) is 1.76. The van der Waals surface area contributed by atoms with Gasteiger partial charge in [-0.05, 0) is 36.4 Å². The van der Waals surface area contributed by atoms with Crippen molar-refractivity contribution in [3.05, 3.63) is 59.6 Å². The van der Waals surface area contributed by atoms with Gasteiger partial charge in [0.1, 0.15) is 0 Å². The zero-order valence-electron chi connectivity index (χ0n) is 14.8. The van der Waals surface area contributed by atoms with Crippen molar-refractivity contribution < 1.29 is 9.90 Å². The maximum atomic E-state index is 9.00. The van der Waals surface area contributed by atoms with E-state index in [2.05, 4.69) is 15.3 Å². The molecule has 0 fully saturated rings. The van der Waals surface area contributed by atoms with Crippen molar-refractivity contribution in [3.63, 3.8) is 0 Å². The van der Waals surface area contributed by atoms with Crippen LogP contribution in [0.15, 0.2) is 64.6 Å². The highest BCUT2D eigenvalue weighted by molar-refractivity contribution is 6.30. The summed E-state index contributed by atoms with van der Waals surface area (Å²) in [4.78, 5) is 19.2. The van der Waals surface area contributed by atoms with E-state index in [9.17, 15) is 0 Å². The van der Waals surface area contributed by atoms with Gasteiger partial charge in [0.15, 0.2) is 0 Å². The van der Waals surface area contributed by atoms with E-state index in [1.807, 2.05) is 49.5 Å². The van der Waals surface area contributed by atoms with Crippen molar-refractivity contribution in [2.45, 2.75) is 6.92 Å². The molecule has 4 N–H and O–H groups in total. The minimum Gasteiger partial charge on any atom is -0.481 e. The van der Waals surface area contributed by atoms with Crippen molar-refractivity contribution in [1.29, 1.82) is 0 Å². The largest absolute Gasteiger partial charge is 0.481 e. The first-order valence-electron chi connectivity index (χ1n) is 7.65. The minimum absolute atomic E-state index is 0.341. The smallest absolute Gasteiger partial charge is 0.300 e. The molecule has 0 saturated carbocycles. The second-order valence-electron chi connectivity index (χ2n) is 5.06. The van der Waals surface area contributed by atoms with E-state index in [1.165, 1.54) is 0 Å². The van der Waals surface area contributed by atoms with Crippen LogP contribution in [-0.4, -0.2) is 37.1 Å². The number of nitrogens with one attached hydrogen (secondary N) is 1. The summed E-state index contributed by atoms with van der Waals surface area (Å²) < 4.78 is 0. The van der Waals surface area contributed by atoms with Crippen LogP contribution in [0.3, 0.4) is 0 Å². The number of guanidine groups is 2. The molecule has 8 heteroatoms. The second-order valence-corrected chi connectivity index (χ2v) is 5.50. The SMILES string of the molecule is CC(=O)O.CN=C(N=C(N)N(C)c1ccccc1)Nc1ccc(Cl)cc1. The fraction of sp³-hybridized carbons (Fsp3) is 0.167. The topological polar surface area (TPSA) is 103 Å². The molecule has 0 aliphatic heterocycles. The van der Waals surface area contributed by atoms with Gasteiger partial charge in [0.25, 0.3) is 5.97 Å². The summed E-state index contributed by atoms with van der Waals surface area (Å²) in [7, 11) is 3.50. The monoisotopic (exact) mass is 375 g/mol. The highest BCUT2D eigenvalue weighted by Gasteiger charge is 2.06. The predicted octanol–water partition coefficient (Wildman–Crippen LogP) is 3.28. The molecule has 26 heavy (non-hydrogen) atoms. The van der Waals surface area contributed by atoms with Crippen molar-refractivity contribution in [1.82, 2.24) is 0 Å². The van der Waals surface area contributed by atoms with Crippen LogP contribution in [0.4, 0.5) is 11.4 Å². The van der Waals surface area contributed by atoms with E-state index in [0.29, 0.717) is 16.9 Å². The van der Waals surface area contributed by atoms with Crippen molar-refractivity contribution in [3.8, 4) is 0 Å². The quantitative estimate of drug-likeness (QED) is 0.552. The van der Waals surface area contributed by atoms with Crippen LogP contribution in [0.2, 0.25) is 5.02 Å². The Hall–Kier alpha value is -3.06. The van der Waals surface area contributed by atoms with E-state index < -0.39 is 5.97 Å². The number of rotatable bonds is 2. The van der Waals surface area contributed by atoms with Gasteiger partial charge < -0.3 is 21.1 Å². The van der Waals surface area contributed by atoms with Crippen LogP contribution in [0, 0.1) is 0 Å². The lowest BCUT2D eigenvalue weighted by Gasteiger charge is -2.18. The van der Waals surface area contributed by atoms with E-state index >= 15 is 0 Å². The summed E-state index contributed by atoms with van der Waals surface area (Å²) in [6.45, 7) is 1.08. The van der Waals surface area contributed by atoms with Gasteiger partial charge in [-0.15, -0.1) is 0 Å². The molecule has 2 aromatic carbocycles. The number of aliphatic carboxylic acids is 1. The Balaban J connectivity index is 0.000000765. The molecule has 0 bridgehead atoms. The Morgan fingerprint density at radius 3 is 2.19 bits per heavy atom. The molecule has 0 aliphatic rings. The number of carboxylic acid groups (broad SMARTS) is 1. The van der Waals surface area contributed by atoms with E-state index in [4.69, 9.17) is 27.2 Å². The first-order valence-corrected chi connectivity index (χ1v) is 8.03. The third-order valence-corrected chi connectivity index (χ3v) is 3.27. The molecule has 0 unspecified atom stereocenters. The van der Waals surface area contributed by atoms with E-state index in [1.54, 1.807) is 24.1 Å². The van der Waals surface area contributed by atoms with Crippen LogP contribution in [-0.2, 0) is 4.79 Å². The molecule has 0 aliphatic carbocycles. The lowest BCUT2D eigenvalue weighted by molar-refractivity contribution is -0.134. The Morgan fingerprint density at radius 2 is 1.69 bits per heavy atom. The molecule has 138 valence electrons. The molecule has 7 nitrogen and oxygen atoms in total. The number of benzene rings is 2. The molecule has 0 atom stereocenters. The highest BCUT2D eigenvalue weighted by atomic mass is 35.5. The van der Waals surface area contributed by atoms with Gasteiger partial charge in [-0.1, -0.05) is 29.8 Å². The summed E-state index contributed by atoms with van der Waals surface area (Å²) in [5.74, 6) is -0.0733. The number of anilines is 2.